The Morgan fingerprint density at radius 3 is 2.30 bits per heavy atom. The minimum Gasteiger partial charge on any atom is -0.497 e. The van der Waals surface area contributed by atoms with Crippen molar-refractivity contribution in [1.82, 2.24) is 15.3 Å². The first kappa shape index (κ1) is 30.4. The van der Waals surface area contributed by atoms with Crippen molar-refractivity contribution in [2.45, 2.75) is 17.5 Å². The molecule has 3 heterocycles. The minimum absolute atomic E-state index is 0.127. The molecule has 4 aromatic carbocycles. The van der Waals surface area contributed by atoms with E-state index < -0.39 is 0 Å². The molecular weight excluding hydrogens is 611 g/mol. The lowest BCUT2D eigenvalue weighted by Gasteiger charge is -2.37. The number of anilines is 2. The number of hydrogen-bond donors (Lipinski definition) is 1. The second kappa shape index (κ2) is 14.0. The number of carbonyl (C=O) groups is 1. The Kier molecular flexibility index (Phi) is 9.10. The lowest BCUT2D eigenvalue weighted by molar-refractivity contribution is 0.0951. The summed E-state index contributed by atoms with van der Waals surface area (Å²) >= 11 is 1.60. The molecular formula is C37H35N5O4S. The van der Waals surface area contributed by atoms with Gasteiger partial charge >= 0.3 is 0 Å². The zero-order valence-electron chi connectivity index (χ0n) is 26.1. The highest BCUT2D eigenvalue weighted by Crippen LogP contribution is 2.33. The van der Waals surface area contributed by atoms with Crippen LogP contribution in [0.25, 0.3) is 11.3 Å². The van der Waals surface area contributed by atoms with Gasteiger partial charge in [0, 0.05) is 61.4 Å². The molecule has 0 aliphatic carbocycles. The summed E-state index contributed by atoms with van der Waals surface area (Å²) in [6.07, 6.45) is 0. The number of nitrogens with zero attached hydrogens (tertiary/aromatic N) is 4. The molecule has 0 spiro atoms. The van der Waals surface area contributed by atoms with Gasteiger partial charge in [-0.2, -0.15) is 0 Å². The van der Waals surface area contributed by atoms with Crippen molar-refractivity contribution >= 4 is 29.2 Å². The van der Waals surface area contributed by atoms with E-state index in [1.54, 1.807) is 18.9 Å². The molecule has 0 atom stereocenters. The van der Waals surface area contributed by atoms with E-state index in [0.717, 1.165) is 71.0 Å². The van der Waals surface area contributed by atoms with Crippen LogP contribution in [0.5, 0.6) is 17.2 Å². The Bertz CT molecular complexity index is 1830. The molecule has 1 N–H and O–H groups in total. The summed E-state index contributed by atoms with van der Waals surface area (Å²) in [6.45, 7) is 4.15. The number of nitrogens with one attached hydrogen (secondary N) is 1. The second-order valence-electron chi connectivity index (χ2n) is 11.3. The fourth-order valence-corrected chi connectivity index (χ4v) is 6.43. The summed E-state index contributed by atoms with van der Waals surface area (Å²) in [5.41, 5.74) is 5.81. The molecule has 1 fully saturated rings. The predicted molar refractivity (Wildman–Crippen MR) is 185 cm³/mol. The number of carbonyl (C=O) groups excluding carboxylic acids is 1. The minimum atomic E-state index is -0.127. The number of hydrogen-bond acceptors (Lipinski definition) is 9. The quantitative estimate of drug-likeness (QED) is 0.136. The molecule has 0 radical (unpaired) electrons. The smallest absolute Gasteiger partial charge is 0.251 e. The van der Waals surface area contributed by atoms with Gasteiger partial charge in [-0.15, -0.1) is 0 Å². The van der Waals surface area contributed by atoms with Crippen LogP contribution in [0, 0.1) is 0 Å². The monoisotopic (exact) mass is 645 g/mol. The predicted octanol–water partition coefficient (Wildman–Crippen LogP) is 6.43. The normalized spacial score (nSPS) is 13.8. The van der Waals surface area contributed by atoms with Gasteiger partial charge in [-0.25, -0.2) is 9.97 Å². The Morgan fingerprint density at radius 1 is 0.809 bits per heavy atom. The lowest BCUT2D eigenvalue weighted by Crippen LogP contribution is -2.46. The number of aromatic nitrogens is 2. The van der Waals surface area contributed by atoms with Gasteiger partial charge in [-0.3, -0.25) is 4.79 Å². The Labute approximate surface area is 278 Å². The third-order valence-corrected chi connectivity index (χ3v) is 9.20. The molecule has 2 aliphatic heterocycles. The summed E-state index contributed by atoms with van der Waals surface area (Å²) < 4.78 is 16.1. The molecule has 238 valence electrons. The molecule has 0 bridgehead atoms. The first-order valence-electron chi connectivity index (χ1n) is 15.6. The van der Waals surface area contributed by atoms with Crippen molar-refractivity contribution in [2.75, 3.05) is 49.9 Å². The molecule has 0 saturated carbocycles. The molecule has 0 unspecified atom stereocenters. The van der Waals surface area contributed by atoms with Gasteiger partial charge in [0.1, 0.15) is 11.6 Å². The van der Waals surface area contributed by atoms with Gasteiger partial charge in [0.05, 0.1) is 12.8 Å². The fraction of sp³-hybridized carbons (Fsp3) is 0.216. The maximum atomic E-state index is 12.8. The van der Waals surface area contributed by atoms with Gasteiger partial charge in [-0.05, 0) is 59.7 Å². The second-order valence-corrected chi connectivity index (χ2v) is 12.2. The number of piperazine rings is 1. The number of thioether (sulfide) groups is 1. The van der Waals surface area contributed by atoms with Crippen LogP contribution in [0.2, 0.25) is 0 Å². The van der Waals surface area contributed by atoms with Crippen LogP contribution in [0.3, 0.4) is 0 Å². The largest absolute Gasteiger partial charge is 0.497 e. The molecule has 47 heavy (non-hydrogen) atoms. The number of fused-ring (bicyclic) bond motifs is 1. The maximum Gasteiger partial charge on any atom is 0.251 e. The van der Waals surface area contributed by atoms with Crippen LogP contribution >= 0.6 is 11.8 Å². The van der Waals surface area contributed by atoms with Crippen LogP contribution in [0.4, 0.5) is 11.5 Å². The number of amides is 1. The van der Waals surface area contributed by atoms with E-state index in [4.69, 9.17) is 24.2 Å². The summed E-state index contributed by atoms with van der Waals surface area (Å²) in [5, 5.41) is 3.71. The summed E-state index contributed by atoms with van der Waals surface area (Å²) in [7, 11) is 1.69. The van der Waals surface area contributed by atoms with E-state index in [1.807, 2.05) is 72.8 Å². The SMILES string of the molecule is COc1ccc(N2CCN(c3cc(-c4ccccc4)nc(SCc4ccc(C(=O)NCc5ccc6c(c5)OCO6)cc4)n3)CC2)cc1. The number of rotatable bonds is 10. The first-order valence-corrected chi connectivity index (χ1v) is 16.6. The first-order chi connectivity index (χ1) is 23.1. The van der Waals surface area contributed by atoms with E-state index in [0.29, 0.717) is 23.6 Å². The summed E-state index contributed by atoms with van der Waals surface area (Å²) in [6, 6.07) is 34.0. The van der Waals surface area contributed by atoms with E-state index in [9.17, 15) is 4.79 Å². The van der Waals surface area contributed by atoms with E-state index in [-0.39, 0.29) is 12.7 Å². The summed E-state index contributed by atoms with van der Waals surface area (Å²) in [5.74, 6) is 3.79. The number of methoxy groups -OCH3 is 1. The Morgan fingerprint density at radius 2 is 1.53 bits per heavy atom. The highest BCUT2D eigenvalue weighted by atomic mass is 32.2. The third kappa shape index (κ3) is 7.28. The van der Waals surface area contributed by atoms with Crippen molar-refractivity contribution in [1.29, 1.82) is 0 Å². The third-order valence-electron chi connectivity index (χ3n) is 8.28. The molecule has 10 heteroatoms. The van der Waals surface area contributed by atoms with Gasteiger partial charge in [-0.1, -0.05) is 60.3 Å². The van der Waals surface area contributed by atoms with Gasteiger partial charge in [0.15, 0.2) is 16.7 Å². The molecule has 1 aromatic heterocycles. The highest BCUT2D eigenvalue weighted by molar-refractivity contribution is 7.98. The van der Waals surface area contributed by atoms with Crippen molar-refractivity contribution < 1.29 is 19.0 Å². The van der Waals surface area contributed by atoms with Crippen molar-refractivity contribution in [3.63, 3.8) is 0 Å². The zero-order chi connectivity index (χ0) is 32.0. The summed E-state index contributed by atoms with van der Waals surface area (Å²) in [4.78, 5) is 27.5. The average Bonchev–Trinajstić information content (AvgIpc) is 3.62. The molecule has 7 rings (SSSR count). The molecule has 1 saturated heterocycles. The van der Waals surface area contributed by atoms with Crippen molar-refractivity contribution in [3.05, 3.63) is 120 Å². The topological polar surface area (TPSA) is 89.1 Å². The van der Waals surface area contributed by atoms with Crippen LogP contribution in [0.1, 0.15) is 21.5 Å². The zero-order valence-corrected chi connectivity index (χ0v) is 26.9. The van der Waals surface area contributed by atoms with E-state index in [1.165, 1.54) is 5.69 Å². The van der Waals surface area contributed by atoms with Gasteiger partial charge < -0.3 is 29.3 Å². The number of benzene rings is 4. The van der Waals surface area contributed by atoms with Crippen LogP contribution in [-0.4, -0.2) is 56.0 Å². The fourth-order valence-electron chi connectivity index (χ4n) is 5.62. The van der Waals surface area contributed by atoms with Crippen molar-refractivity contribution in [2.24, 2.45) is 0 Å². The maximum absolute atomic E-state index is 12.8. The Balaban J connectivity index is 0.996. The van der Waals surface area contributed by atoms with Crippen LogP contribution < -0.4 is 29.3 Å². The Hall–Kier alpha value is -5.22. The van der Waals surface area contributed by atoms with Crippen LogP contribution in [-0.2, 0) is 12.3 Å². The van der Waals surface area contributed by atoms with Crippen molar-refractivity contribution in [3.8, 4) is 28.5 Å². The lowest BCUT2D eigenvalue weighted by atomic mass is 10.1. The standard InChI is InChI=1S/C37H35N5O4S/c1-44-31-14-12-30(13-15-31)41-17-19-42(20-18-41)35-22-32(28-5-3-2-4-6-28)39-37(40-35)47-24-26-7-10-29(11-8-26)36(43)38-23-27-9-16-33-34(21-27)46-25-45-33/h2-16,21-22H,17-20,23-25H2,1H3,(H,38,43). The van der Waals surface area contributed by atoms with Gasteiger partial charge in [0.25, 0.3) is 5.91 Å². The number of ether oxygens (including phenoxy) is 3. The molecule has 1 amide bonds. The van der Waals surface area contributed by atoms with Gasteiger partial charge in [0.2, 0.25) is 6.79 Å². The van der Waals surface area contributed by atoms with E-state index in [2.05, 4.69) is 45.4 Å². The average molecular weight is 646 g/mol. The highest BCUT2D eigenvalue weighted by Gasteiger charge is 2.21. The van der Waals surface area contributed by atoms with Crippen LogP contribution in [0.15, 0.2) is 108 Å². The molecule has 2 aliphatic rings. The molecule has 5 aromatic rings. The molecule has 9 nitrogen and oxygen atoms in total. The van der Waals surface area contributed by atoms with E-state index >= 15 is 0 Å².